The lowest BCUT2D eigenvalue weighted by molar-refractivity contribution is -0.120. The Morgan fingerprint density at radius 1 is 1.27 bits per heavy atom. The molecule has 1 aliphatic carbocycles. The van der Waals surface area contributed by atoms with Crippen LogP contribution in [0.25, 0.3) is 0 Å². The Hall–Kier alpha value is -1.89. The van der Waals surface area contributed by atoms with E-state index in [1.165, 1.54) is 0 Å². The molecule has 0 amide bonds. The molecule has 110 valence electrons. The summed E-state index contributed by atoms with van der Waals surface area (Å²) < 4.78 is 0. The van der Waals surface area contributed by atoms with Crippen LogP contribution >= 0.6 is 23.2 Å². The molecule has 1 aromatic heterocycles. The second kappa shape index (κ2) is 6.08. The van der Waals surface area contributed by atoms with Gasteiger partial charge in [-0.05, 0) is 42.2 Å². The summed E-state index contributed by atoms with van der Waals surface area (Å²) in [6, 6.07) is 12.7. The molecule has 1 fully saturated rings. The molecule has 1 aromatic carbocycles. The van der Waals surface area contributed by atoms with Gasteiger partial charge in [-0.15, -0.1) is 0 Å². The molecular weight excluding hydrogens is 319 g/mol. The summed E-state index contributed by atoms with van der Waals surface area (Å²) in [4.78, 5) is 16.7. The molecule has 3 atom stereocenters. The fourth-order valence-corrected chi connectivity index (χ4v) is 2.96. The molecule has 3 nitrogen and oxygen atoms in total. The van der Waals surface area contributed by atoms with Gasteiger partial charge in [0, 0.05) is 12.1 Å². The highest BCUT2D eigenvalue weighted by atomic mass is 35.5. The van der Waals surface area contributed by atoms with Crippen LogP contribution in [0.3, 0.4) is 0 Å². The Kier molecular flexibility index (Phi) is 4.15. The van der Waals surface area contributed by atoms with E-state index in [2.05, 4.69) is 11.1 Å². The van der Waals surface area contributed by atoms with Crippen molar-refractivity contribution >= 4 is 29.0 Å². The van der Waals surface area contributed by atoms with E-state index in [1.54, 1.807) is 36.5 Å². The van der Waals surface area contributed by atoms with Crippen molar-refractivity contribution in [3.8, 4) is 6.07 Å². The van der Waals surface area contributed by atoms with Gasteiger partial charge in [0.05, 0.1) is 21.8 Å². The SMILES string of the molecule is N#C[C@H](C(=O)[C@H]1C[C@@H]1c1ccc(Cl)c(Cl)c1)c1ccccn1. The number of hydrogen-bond acceptors (Lipinski definition) is 3. The van der Waals surface area contributed by atoms with Crippen LogP contribution in [0.5, 0.6) is 0 Å². The number of rotatable bonds is 4. The average Bonchev–Trinajstić information content (AvgIpc) is 3.32. The Bertz CT molecular complexity index is 755. The Morgan fingerprint density at radius 2 is 2.09 bits per heavy atom. The van der Waals surface area contributed by atoms with Crippen molar-refractivity contribution in [2.24, 2.45) is 5.92 Å². The van der Waals surface area contributed by atoms with Crippen LogP contribution in [0.4, 0.5) is 0 Å². The largest absolute Gasteiger partial charge is 0.297 e. The third kappa shape index (κ3) is 2.85. The number of pyridine rings is 1. The maximum absolute atomic E-state index is 12.6. The number of halogens is 2. The Balaban J connectivity index is 1.77. The van der Waals surface area contributed by atoms with E-state index in [0.717, 1.165) is 12.0 Å². The number of Topliss-reactive ketones (excluding diaryl/α,β-unsaturated/α-hetero) is 1. The van der Waals surface area contributed by atoms with Crippen LogP contribution in [0.1, 0.15) is 29.5 Å². The smallest absolute Gasteiger partial charge is 0.159 e. The van der Waals surface area contributed by atoms with Crippen LogP contribution in [-0.4, -0.2) is 10.8 Å². The quantitative estimate of drug-likeness (QED) is 0.836. The first-order valence-electron chi connectivity index (χ1n) is 6.91. The van der Waals surface area contributed by atoms with E-state index in [4.69, 9.17) is 23.2 Å². The molecule has 0 spiro atoms. The van der Waals surface area contributed by atoms with Gasteiger partial charge >= 0.3 is 0 Å². The first-order valence-corrected chi connectivity index (χ1v) is 7.66. The molecule has 1 heterocycles. The predicted molar refractivity (Wildman–Crippen MR) is 84.9 cm³/mol. The van der Waals surface area contributed by atoms with E-state index in [9.17, 15) is 10.1 Å². The van der Waals surface area contributed by atoms with Crippen LogP contribution in [0, 0.1) is 17.2 Å². The monoisotopic (exact) mass is 330 g/mol. The minimum Gasteiger partial charge on any atom is -0.297 e. The fourth-order valence-electron chi connectivity index (χ4n) is 2.66. The Morgan fingerprint density at radius 3 is 2.73 bits per heavy atom. The van der Waals surface area contributed by atoms with Gasteiger partial charge in [0.15, 0.2) is 5.78 Å². The molecule has 1 saturated carbocycles. The van der Waals surface area contributed by atoms with E-state index in [1.807, 2.05) is 6.07 Å². The zero-order chi connectivity index (χ0) is 15.7. The summed E-state index contributed by atoms with van der Waals surface area (Å²) in [5.41, 5.74) is 1.50. The number of nitrogens with zero attached hydrogens (tertiary/aromatic N) is 2. The minimum absolute atomic E-state index is 0.0720. The molecule has 0 unspecified atom stereocenters. The molecular formula is C17H12Cl2N2O. The number of hydrogen-bond donors (Lipinski definition) is 0. The number of nitriles is 1. The lowest BCUT2D eigenvalue weighted by Crippen LogP contribution is -2.14. The topological polar surface area (TPSA) is 53.8 Å². The number of ketones is 1. The van der Waals surface area contributed by atoms with Crippen molar-refractivity contribution in [1.82, 2.24) is 4.98 Å². The van der Waals surface area contributed by atoms with Crippen LogP contribution in [-0.2, 0) is 4.79 Å². The summed E-state index contributed by atoms with van der Waals surface area (Å²) in [6.45, 7) is 0. The second-order valence-corrected chi connectivity index (χ2v) is 6.16. The van der Waals surface area contributed by atoms with Crippen molar-refractivity contribution < 1.29 is 4.79 Å². The van der Waals surface area contributed by atoms with Crippen molar-refractivity contribution in [1.29, 1.82) is 5.26 Å². The van der Waals surface area contributed by atoms with Crippen molar-refractivity contribution in [3.63, 3.8) is 0 Å². The lowest BCUT2D eigenvalue weighted by Gasteiger charge is -2.07. The van der Waals surface area contributed by atoms with E-state index in [0.29, 0.717) is 15.7 Å². The predicted octanol–water partition coefficient (Wildman–Crippen LogP) is 4.37. The van der Waals surface area contributed by atoms with Crippen molar-refractivity contribution in [3.05, 3.63) is 63.9 Å². The van der Waals surface area contributed by atoms with Gasteiger partial charge in [0.25, 0.3) is 0 Å². The average molecular weight is 331 g/mol. The highest BCUT2D eigenvalue weighted by molar-refractivity contribution is 6.42. The summed E-state index contributed by atoms with van der Waals surface area (Å²) in [7, 11) is 0. The van der Waals surface area contributed by atoms with Gasteiger partial charge in [0.1, 0.15) is 5.92 Å². The van der Waals surface area contributed by atoms with Gasteiger partial charge < -0.3 is 0 Å². The molecule has 0 aliphatic heterocycles. The Labute approximate surface area is 138 Å². The molecule has 5 heteroatoms. The van der Waals surface area contributed by atoms with Gasteiger partial charge in [-0.1, -0.05) is 35.3 Å². The summed E-state index contributed by atoms with van der Waals surface area (Å²) >= 11 is 11.9. The summed E-state index contributed by atoms with van der Waals surface area (Å²) in [5.74, 6) is -0.915. The second-order valence-electron chi connectivity index (χ2n) is 5.34. The molecule has 0 bridgehead atoms. The van der Waals surface area contributed by atoms with Gasteiger partial charge in [-0.3, -0.25) is 9.78 Å². The lowest BCUT2D eigenvalue weighted by atomic mass is 9.95. The molecule has 2 aromatic rings. The highest BCUT2D eigenvalue weighted by Gasteiger charge is 2.46. The van der Waals surface area contributed by atoms with Gasteiger partial charge in [-0.2, -0.15) is 5.26 Å². The maximum atomic E-state index is 12.6. The van der Waals surface area contributed by atoms with Crippen LogP contribution < -0.4 is 0 Å². The van der Waals surface area contributed by atoms with E-state index >= 15 is 0 Å². The van der Waals surface area contributed by atoms with Crippen molar-refractivity contribution in [2.75, 3.05) is 0 Å². The molecule has 0 saturated heterocycles. The number of carbonyl (C=O) groups excluding carboxylic acids is 1. The maximum Gasteiger partial charge on any atom is 0.159 e. The van der Waals surface area contributed by atoms with Crippen LogP contribution in [0.2, 0.25) is 10.0 Å². The zero-order valence-corrected chi connectivity index (χ0v) is 13.1. The van der Waals surface area contributed by atoms with E-state index in [-0.39, 0.29) is 17.6 Å². The normalized spacial score (nSPS) is 21.0. The molecule has 0 N–H and O–H groups in total. The number of carbonyl (C=O) groups is 1. The van der Waals surface area contributed by atoms with Crippen LogP contribution in [0.15, 0.2) is 42.6 Å². The van der Waals surface area contributed by atoms with E-state index < -0.39 is 5.92 Å². The molecule has 22 heavy (non-hydrogen) atoms. The first-order chi connectivity index (χ1) is 10.6. The minimum atomic E-state index is -0.807. The summed E-state index contributed by atoms with van der Waals surface area (Å²) in [5, 5.41) is 10.3. The third-order valence-electron chi connectivity index (χ3n) is 3.92. The number of benzene rings is 1. The zero-order valence-electron chi connectivity index (χ0n) is 11.5. The fraction of sp³-hybridized carbons (Fsp3) is 0.235. The highest BCUT2D eigenvalue weighted by Crippen LogP contribution is 2.50. The van der Waals surface area contributed by atoms with Crippen molar-refractivity contribution in [2.45, 2.75) is 18.3 Å². The molecule has 3 rings (SSSR count). The standard InChI is InChI=1S/C17H12Cl2N2O/c18-14-5-4-10(7-15(14)19)11-8-12(11)17(22)13(9-20)16-3-1-2-6-21-16/h1-7,11-13H,8H2/t11-,12+,13+/m1/s1. The third-order valence-corrected chi connectivity index (χ3v) is 4.66. The summed E-state index contributed by atoms with van der Waals surface area (Å²) in [6.07, 6.45) is 2.33. The van der Waals surface area contributed by atoms with Gasteiger partial charge in [-0.25, -0.2) is 0 Å². The van der Waals surface area contributed by atoms with Gasteiger partial charge in [0.2, 0.25) is 0 Å². The number of aromatic nitrogens is 1. The molecule has 1 aliphatic rings. The first kappa shape index (κ1) is 15.0. The molecule has 0 radical (unpaired) electrons.